The molecule has 1 aromatic rings. The number of nitrogens with one attached hydrogen (secondary N) is 1. The van der Waals surface area contributed by atoms with Crippen LogP contribution in [0.25, 0.3) is 0 Å². The Bertz CT molecular complexity index is 283. The number of rotatable bonds is 1. The van der Waals surface area contributed by atoms with Crippen LogP contribution in [0.3, 0.4) is 0 Å². The van der Waals surface area contributed by atoms with Crippen molar-refractivity contribution in [3.8, 4) is 0 Å². The second-order valence-electron chi connectivity index (χ2n) is 3.43. The SMILES string of the molecule is Brc1ccc(N2CCCNCC2)nc1.Cl. The second-order valence-corrected chi connectivity index (χ2v) is 4.34. The lowest BCUT2D eigenvalue weighted by Crippen LogP contribution is -2.28. The molecule has 84 valence electrons. The number of halogens is 2. The second kappa shape index (κ2) is 6.30. The number of nitrogens with zero attached hydrogens (tertiary/aromatic N) is 2. The Hall–Kier alpha value is -0.320. The van der Waals surface area contributed by atoms with Crippen LogP contribution in [0, 0.1) is 0 Å². The van der Waals surface area contributed by atoms with Crippen molar-refractivity contribution >= 4 is 34.2 Å². The summed E-state index contributed by atoms with van der Waals surface area (Å²) in [6, 6.07) is 4.11. The van der Waals surface area contributed by atoms with E-state index < -0.39 is 0 Å². The highest BCUT2D eigenvalue weighted by Gasteiger charge is 2.09. The fourth-order valence-electron chi connectivity index (χ4n) is 1.63. The van der Waals surface area contributed by atoms with Crippen molar-refractivity contribution in [2.45, 2.75) is 6.42 Å². The molecule has 1 aliphatic heterocycles. The van der Waals surface area contributed by atoms with Gasteiger partial charge in [-0.2, -0.15) is 0 Å². The molecule has 0 aliphatic carbocycles. The van der Waals surface area contributed by atoms with E-state index in [4.69, 9.17) is 0 Å². The summed E-state index contributed by atoms with van der Waals surface area (Å²) in [7, 11) is 0. The molecule has 0 bridgehead atoms. The summed E-state index contributed by atoms with van der Waals surface area (Å²) < 4.78 is 1.04. The third-order valence-electron chi connectivity index (χ3n) is 2.38. The first-order valence-corrected chi connectivity index (χ1v) is 5.73. The summed E-state index contributed by atoms with van der Waals surface area (Å²) in [6.45, 7) is 4.32. The van der Waals surface area contributed by atoms with E-state index in [-0.39, 0.29) is 12.4 Å². The molecular formula is C10H15BrClN3. The maximum atomic E-state index is 4.39. The Labute approximate surface area is 105 Å². The Morgan fingerprint density at radius 1 is 1.27 bits per heavy atom. The molecule has 0 saturated carbocycles. The lowest BCUT2D eigenvalue weighted by atomic mass is 10.3. The molecule has 3 nitrogen and oxygen atoms in total. The van der Waals surface area contributed by atoms with Crippen LogP contribution in [0.4, 0.5) is 5.82 Å². The van der Waals surface area contributed by atoms with Crippen molar-refractivity contribution < 1.29 is 0 Å². The Morgan fingerprint density at radius 3 is 2.87 bits per heavy atom. The van der Waals surface area contributed by atoms with E-state index in [2.05, 4.69) is 37.2 Å². The van der Waals surface area contributed by atoms with Gasteiger partial charge in [0.05, 0.1) is 0 Å². The van der Waals surface area contributed by atoms with Crippen LogP contribution in [0.15, 0.2) is 22.8 Å². The van der Waals surface area contributed by atoms with Gasteiger partial charge in [-0.1, -0.05) is 0 Å². The summed E-state index contributed by atoms with van der Waals surface area (Å²) in [5.74, 6) is 1.08. The normalized spacial score (nSPS) is 16.7. The van der Waals surface area contributed by atoms with Crippen molar-refractivity contribution in [2.24, 2.45) is 0 Å². The largest absolute Gasteiger partial charge is 0.355 e. The van der Waals surface area contributed by atoms with Crippen LogP contribution in [-0.2, 0) is 0 Å². The third-order valence-corrected chi connectivity index (χ3v) is 2.84. The van der Waals surface area contributed by atoms with Crippen LogP contribution in [-0.4, -0.2) is 31.2 Å². The minimum Gasteiger partial charge on any atom is -0.355 e. The van der Waals surface area contributed by atoms with Crippen LogP contribution in [0.1, 0.15) is 6.42 Å². The van der Waals surface area contributed by atoms with E-state index >= 15 is 0 Å². The van der Waals surface area contributed by atoms with Crippen molar-refractivity contribution in [3.63, 3.8) is 0 Å². The minimum absolute atomic E-state index is 0. The topological polar surface area (TPSA) is 28.2 Å². The Morgan fingerprint density at radius 2 is 2.13 bits per heavy atom. The molecule has 0 radical (unpaired) electrons. The molecular weight excluding hydrogens is 277 g/mol. The van der Waals surface area contributed by atoms with E-state index in [0.717, 1.165) is 36.5 Å². The zero-order chi connectivity index (χ0) is 9.80. The molecule has 0 amide bonds. The number of hydrogen-bond acceptors (Lipinski definition) is 3. The van der Waals surface area contributed by atoms with Gasteiger partial charge in [-0.3, -0.25) is 0 Å². The van der Waals surface area contributed by atoms with Gasteiger partial charge in [0.1, 0.15) is 5.82 Å². The molecule has 5 heteroatoms. The van der Waals surface area contributed by atoms with Crippen molar-refractivity contribution in [3.05, 3.63) is 22.8 Å². The molecule has 1 saturated heterocycles. The zero-order valence-corrected chi connectivity index (χ0v) is 10.9. The van der Waals surface area contributed by atoms with Crippen LogP contribution in [0.5, 0.6) is 0 Å². The number of anilines is 1. The smallest absolute Gasteiger partial charge is 0.128 e. The van der Waals surface area contributed by atoms with Gasteiger partial charge in [-0.25, -0.2) is 4.98 Å². The van der Waals surface area contributed by atoms with Gasteiger partial charge in [0.2, 0.25) is 0 Å². The van der Waals surface area contributed by atoms with Crippen molar-refractivity contribution in [1.29, 1.82) is 0 Å². The van der Waals surface area contributed by atoms with E-state index in [0.29, 0.717) is 0 Å². The molecule has 0 unspecified atom stereocenters. The summed E-state index contributed by atoms with van der Waals surface area (Å²) in [5.41, 5.74) is 0. The predicted molar refractivity (Wildman–Crippen MR) is 68.9 cm³/mol. The number of pyridine rings is 1. The molecule has 1 aromatic heterocycles. The number of aromatic nitrogens is 1. The van der Waals surface area contributed by atoms with E-state index in [1.807, 2.05) is 12.3 Å². The fourth-order valence-corrected chi connectivity index (χ4v) is 1.86. The average Bonchev–Trinajstić information content (AvgIpc) is 2.47. The molecule has 1 fully saturated rings. The molecule has 15 heavy (non-hydrogen) atoms. The van der Waals surface area contributed by atoms with Crippen LogP contribution < -0.4 is 10.2 Å². The Kier molecular flexibility index (Phi) is 5.36. The summed E-state index contributed by atoms with van der Waals surface area (Å²) in [6.07, 6.45) is 3.05. The predicted octanol–water partition coefficient (Wildman–Crippen LogP) is 2.07. The van der Waals surface area contributed by atoms with Gasteiger partial charge in [-0.05, 0) is 41.0 Å². The molecule has 2 heterocycles. The van der Waals surface area contributed by atoms with E-state index in [1.54, 1.807) is 0 Å². The van der Waals surface area contributed by atoms with Gasteiger partial charge < -0.3 is 10.2 Å². The standard InChI is InChI=1S/C10H14BrN3.ClH/c11-9-2-3-10(13-8-9)14-6-1-4-12-5-7-14;/h2-3,8,12H,1,4-7H2;1H. The molecule has 1 aliphatic rings. The maximum absolute atomic E-state index is 4.39. The first-order chi connectivity index (χ1) is 6.86. The highest BCUT2D eigenvalue weighted by molar-refractivity contribution is 9.10. The average molecular weight is 293 g/mol. The van der Waals surface area contributed by atoms with Crippen LogP contribution >= 0.6 is 28.3 Å². The molecule has 0 aromatic carbocycles. The number of hydrogen-bond donors (Lipinski definition) is 1. The lowest BCUT2D eigenvalue weighted by Gasteiger charge is -2.20. The fraction of sp³-hybridized carbons (Fsp3) is 0.500. The van der Waals surface area contributed by atoms with Crippen molar-refractivity contribution in [1.82, 2.24) is 10.3 Å². The zero-order valence-electron chi connectivity index (χ0n) is 8.45. The third kappa shape index (κ3) is 3.63. The van der Waals surface area contributed by atoms with Gasteiger partial charge in [0.15, 0.2) is 0 Å². The first-order valence-electron chi connectivity index (χ1n) is 4.93. The van der Waals surface area contributed by atoms with E-state index in [1.165, 1.54) is 6.42 Å². The first kappa shape index (κ1) is 12.7. The molecule has 2 rings (SSSR count). The highest BCUT2D eigenvalue weighted by atomic mass is 79.9. The summed E-state index contributed by atoms with van der Waals surface area (Å²) >= 11 is 3.39. The van der Waals surface area contributed by atoms with Gasteiger partial charge in [0.25, 0.3) is 0 Å². The van der Waals surface area contributed by atoms with Crippen molar-refractivity contribution in [2.75, 3.05) is 31.1 Å². The quantitative estimate of drug-likeness (QED) is 0.859. The summed E-state index contributed by atoms with van der Waals surface area (Å²) in [4.78, 5) is 6.72. The molecule has 0 spiro atoms. The van der Waals surface area contributed by atoms with Gasteiger partial charge in [-0.15, -0.1) is 12.4 Å². The maximum Gasteiger partial charge on any atom is 0.128 e. The van der Waals surface area contributed by atoms with Crippen LogP contribution in [0.2, 0.25) is 0 Å². The summed E-state index contributed by atoms with van der Waals surface area (Å²) in [5, 5.41) is 3.38. The molecule has 0 atom stereocenters. The minimum atomic E-state index is 0. The highest BCUT2D eigenvalue weighted by Crippen LogP contribution is 2.15. The van der Waals surface area contributed by atoms with Gasteiger partial charge in [0, 0.05) is 30.3 Å². The van der Waals surface area contributed by atoms with Gasteiger partial charge >= 0.3 is 0 Å². The van der Waals surface area contributed by atoms with E-state index in [9.17, 15) is 0 Å². The molecule has 1 N–H and O–H groups in total. The monoisotopic (exact) mass is 291 g/mol. The lowest BCUT2D eigenvalue weighted by molar-refractivity contribution is 0.724. The Balaban J connectivity index is 0.00000112.